The fraction of sp³-hybridized carbons (Fsp3) is 0.818. The number of nitrogens with zero attached hydrogens (tertiary/aromatic N) is 3. The molecular formula is C11H19N3O2. The summed E-state index contributed by atoms with van der Waals surface area (Å²) in [5.74, 6) is 1.71. The molecule has 1 aromatic heterocycles. The van der Waals surface area contributed by atoms with Crippen molar-refractivity contribution in [3.63, 3.8) is 0 Å². The Balaban J connectivity index is 1.97. The molecule has 5 heteroatoms. The topological polar surface area (TPSA) is 62.4 Å². The van der Waals surface area contributed by atoms with Crippen molar-refractivity contribution in [2.24, 2.45) is 0 Å². The van der Waals surface area contributed by atoms with Crippen molar-refractivity contribution in [2.75, 3.05) is 13.2 Å². The maximum atomic E-state index is 9.20. The van der Waals surface area contributed by atoms with E-state index in [1.165, 1.54) is 0 Å². The van der Waals surface area contributed by atoms with Crippen molar-refractivity contribution in [1.82, 2.24) is 15.0 Å². The largest absolute Gasteiger partial charge is 0.395 e. The van der Waals surface area contributed by atoms with Crippen LogP contribution in [0.25, 0.3) is 0 Å². The van der Waals surface area contributed by atoms with E-state index in [1.807, 2.05) is 13.8 Å². The van der Waals surface area contributed by atoms with E-state index < -0.39 is 0 Å². The summed E-state index contributed by atoms with van der Waals surface area (Å²) in [4.78, 5) is 6.55. The predicted octanol–water partition coefficient (Wildman–Crippen LogP) is 1.15. The first-order valence-electron chi connectivity index (χ1n) is 5.88. The Labute approximate surface area is 95.4 Å². The van der Waals surface area contributed by atoms with E-state index in [-0.39, 0.29) is 12.6 Å². The van der Waals surface area contributed by atoms with Gasteiger partial charge in [-0.3, -0.25) is 4.90 Å². The molecule has 90 valence electrons. The minimum absolute atomic E-state index is 0.213. The molecule has 0 aromatic carbocycles. The molecule has 0 spiro atoms. The Morgan fingerprint density at radius 2 is 2.38 bits per heavy atom. The lowest BCUT2D eigenvalue weighted by molar-refractivity contribution is 0.141. The number of likely N-dealkylation sites (tertiary alicyclic amines) is 1. The number of hydrogen-bond acceptors (Lipinski definition) is 5. The van der Waals surface area contributed by atoms with Crippen LogP contribution in [0.5, 0.6) is 0 Å². The van der Waals surface area contributed by atoms with Crippen molar-refractivity contribution < 1.29 is 9.63 Å². The highest BCUT2D eigenvalue weighted by atomic mass is 16.5. The van der Waals surface area contributed by atoms with Crippen molar-refractivity contribution in [3.05, 3.63) is 11.7 Å². The van der Waals surface area contributed by atoms with Gasteiger partial charge in [-0.05, 0) is 19.4 Å². The van der Waals surface area contributed by atoms with Gasteiger partial charge in [0.05, 0.1) is 13.2 Å². The van der Waals surface area contributed by atoms with Gasteiger partial charge in [-0.1, -0.05) is 19.0 Å². The minimum Gasteiger partial charge on any atom is -0.395 e. The van der Waals surface area contributed by atoms with Crippen molar-refractivity contribution >= 4 is 0 Å². The van der Waals surface area contributed by atoms with Gasteiger partial charge in [0.1, 0.15) is 0 Å². The number of rotatable bonds is 4. The Bertz CT molecular complexity index is 338. The molecule has 2 heterocycles. The van der Waals surface area contributed by atoms with Crippen LogP contribution in [0.2, 0.25) is 0 Å². The zero-order valence-corrected chi connectivity index (χ0v) is 9.89. The summed E-state index contributed by atoms with van der Waals surface area (Å²) < 4.78 is 5.20. The monoisotopic (exact) mass is 225 g/mol. The fourth-order valence-electron chi connectivity index (χ4n) is 2.05. The van der Waals surface area contributed by atoms with E-state index in [9.17, 15) is 5.11 Å². The number of hydrogen-bond donors (Lipinski definition) is 1. The Kier molecular flexibility index (Phi) is 3.56. The summed E-state index contributed by atoms with van der Waals surface area (Å²) in [5.41, 5.74) is 0. The Hall–Kier alpha value is -0.940. The Morgan fingerprint density at radius 3 is 3.00 bits per heavy atom. The lowest BCUT2D eigenvalue weighted by Gasteiger charge is -2.20. The molecule has 0 bridgehead atoms. The first-order chi connectivity index (χ1) is 7.70. The lowest BCUT2D eigenvalue weighted by atomic mass is 10.2. The molecule has 1 aromatic rings. The van der Waals surface area contributed by atoms with Gasteiger partial charge in [-0.25, -0.2) is 0 Å². The smallest absolute Gasteiger partial charge is 0.240 e. The average Bonchev–Trinajstić information content (AvgIpc) is 2.87. The molecule has 1 aliphatic heterocycles. The van der Waals surface area contributed by atoms with Gasteiger partial charge in [0.25, 0.3) is 0 Å². The second-order valence-corrected chi connectivity index (χ2v) is 4.65. The molecule has 1 atom stereocenters. The maximum Gasteiger partial charge on any atom is 0.240 e. The summed E-state index contributed by atoms with van der Waals surface area (Å²) >= 11 is 0. The highest BCUT2D eigenvalue weighted by Gasteiger charge is 2.25. The number of aliphatic hydroxyl groups excluding tert-OH is 1. The molecular weight excluding hydrogens is 206 g/mol. The molecule has 2 rings (SSSR count). The van der Waals surface area contributed by atoms with Crippen molar-refractivity contribution in [3.8, 4) is 0 Å². The van der Waals surface area contributed by atoms with Gasteiger partial charge < -0.3 is 9.63 Å². The molecule has 1 saturated heterocycles. The van der Waals surface area contributed by atoms with Crippen LogP contribution >= 0.6 is 0 Å². The predicted molar refractivity (Wildman–Crippen MR) is 58.9 cm³/mol. The second kappa shape index (κ2) is 4.93. The molecule has 1 aliphatic rings. The summed E-state index contributed by atoms with van der Waals surface area (Å²) in [6.07, 6.45) is 2.19. The number of aromatic nitrogens is 2. The van der Waals surface area contributed by atoms with Crippen LogP contribution in [-0.4, -0.2) is 39.3 Å². The van der Waals surface area contributed by atoms with Crippen molar-refractivity contribution in [2.45, 2.75) is 45.2 Å². The summed E-state index contributed by atoms with van der Waals surface area (Å²) in [6, 6.07) is 0.259. The molecule has 1 unspecified atom stereocenters. The van der Waals surface area contributed by atoms with Crippen molar-refractivity contribution in [1.29, 1.82) is 0 Å². The van der Waals surface area contributed by atoms with Gasteiger partial charge in [-0.2, -0.15) is 4.98 Å². The van der Waals surface area contributed by atoms with E-state index >= 15 is 0 Å². The number of aliphatic hydroxyl groups is 1. The average molecular weight is 225 g/mol. The molecule has 0 saturated carbocycles. The van der Waals surface area contributed by atoms with Gasteiger partial charge in [0, 0.05) is 12.0 Å². The molecule has 0 aliphatic carbocycles. The molecule has 16 heavy (non-hydrogen) atoms. The molecule has 0 radical (unpaired) electrons. The van der Waals surface area contributed by atoms with Crippen LogP contribution < -0.4 is 0 Å². The molecule has 1 N–H and O–H groups in total. The molecule has 0 amide bonds. The third kappa shape index (κ3) is 2.41. The first kappa shape index (κ1) is 11.5. The summed E-state index contributed by atoms with van der Waals surface area (Å²) in [6.45, 7) is 5.96. The van der Waals surface area contributed by atoms with Crippen LogP contribution in [0.4, 0.5) is 0 Å². The quantitative estimate of drug-likeness (QED) is 0.832. The van der Waals surface area contributed by atoms with Gasteiger partial charge in [-0.15, -0.1) is 0 Å². The third-order valence-electron chi connectivity index (χ3n) is 3.05. The van der Waals surface area contributed by atoms with E-state index in [1.54, 1.807) is 0 Å². The van der Waals surface area contributed by atoms with E-state index in [2.05, 4.69) is 15.0 Å². The zero-order chi connectivity index (χ0) is 11.5. The maximum absolute atomic E-state index is 9.20. The minimum atomic E-state index is 0.213. The van der Waals surface area contributed by atoms with E-state index in [0.29, 0.717) is 18.4 Å². The van der Waals surface area contributed by atoms with Gasteiger partial charge >= 0.3 is 0 Å². The van der Waals surface area contributed by atoms with E-state index in [0.717, 1.165) is 25.2 Å². The second-order valence-electron chi connectivity index (χ2n) is 4.65. The van der Waals surface area contributed by atoms with Crippen LogP contribution in [-0.2, 0) is 6.54 Å². The van der Waals surface area contributed by atoms with Crippen LogP contribution in [0.3, 0.4) is 0 Å². The van der Waals surface area contributed by atoms with E-state index in [4.69, 9.17) is 4.52 Å². The normalized spacial score (nSPS) is 22.1. The van der Waals surface area contributed by atoms with Gasteiger partial charge in [0.15, 0.2) is 5.82 Å². The lowest BCUT2D eigenvalue weighted by Crippen LogP contribution is -2.31. The summed E-state index contributed by atoms with van der Waals surface area (Å²) in [5, 5.41) is 13.1. The first-order valence-corrected chi connectivity index (χ1v) is 5.88. The van der Waals surface area contributed by atoms with Crippen LogP contribution in [0, 0.1) is 0 Å². The highest BCUT2D eigenvalue weighted by molar-refractivity contribution is 4.92. The van der Waals surface area contributed by atoms with Crippen LogP contribution in [0.15, 0.2) is 4.52 Å². The van der Waals surface area contributed by atoms with Crippen LogP contribution in [0.1, 0.15) is 44.3 Å². The SMILES string of the molecule is CC(C)c1noc(CN2CCCC2CO)n1. The fourth-order valence-corrected chi connectivity index (χ4v) is 2.05. The molecule has 5 nitrogen and oxygen atoms in total. The zero-order valence-electron chi connectivity index (χ0n) is 9.89. The summed E-state index contributed by atoms with van der Waals surface area (Å²) in [7, 11) is 0. The standard InChI is InChI=1S/C11H19N3O2/c1-8(2)11-12-10(16-13-11)6-14-5-3-4-9(14)7-15/h8-9,15H,3-7H2,1-2H3. The third-order valence-corrected chi connectivity index (χ3v) is 3.05. The highest BCUT2D eigenvalue weighted by Crippen LogP contribution is 2.19. The Morgan fingerprint density at radius 1 is 1.56 bits per heavy atom. The van der Waals surface area contributed by atoms with Gasteiger partial charge in [0.2, 0.25) is 5.89 Å². The molecule has 1 fully saturated rings.